The van der Waals surface area contributed by atoms with Crippen LogP contribution in [0.25, 0.3) is 0 Å². The average Bonchev–Trinajstić information content (AvgIpc) is 2.58. The smallest absolute Gasteiger partial charge is 0.352 e. The van der Waals surface area contributed by atoms with Crippen LogP contribution in [0.3, 0.4) is 0 Å². The lowest BCUT2D eigenvalue weighted by Crippen LogP contribution is -2.47. The molecule has 0 bridgehead atoms. The second-order valence-electron chi connectivity index (χ2n) is 6.79. The highest BCUT2D eigenvalue weighted by Gasteiger charge is 2.31. The first-order valence-corrected chi connectivity index (χ1v) is 8.53. The van der Waals surface area contributed by atoms with Gasteiger partial charge in [-0.1, -0.05) is 12.1 Å². The summed E-state index contributed by atoms with van der Waals surface area (Å²) in [5.41, 5.74) is -0.341. The molecule has 2 amide bonds. The van der Waals surface area contributed by atoms with Crippen LogP contribution in [0.4, 0.5) is 13.2 Å². The van der Waals surface area contributed by atoms with E-state index in [1.54, 1.807) is 11.0 Å². The molecule has 1 saturated heterocycles. The zero-order valence-corrected chi connectivity index (χ0v) is 15.0. The molecule has 1 aromatic carbocycles. The van der Waals surface area contributed by atoms with Crippen LogP contribution >= 0.6 is 0 Å². The minimum Gasteiger partial charge on any atom is -0.352 e. The van der Waals surface area contributed by atoms with Crippen molar-refractivity contribution in [2.45, 2.75) is 25.6 Å². The van der Waals surface area contributed by atoms with E-state index in [0.717, 1.165) is 12.1 Å². The standard InChI is InChI=1S/C18H24F3N3O2/c1-23(2)8-9-24-12-14(6-7-16(24)25)17(26)22-11-13-4-3-5-15(10-13)18(19,20)21/h3-5,10,14H,6-9,11-12H2,1-2H3,(H,22,26). The number of hydrogen-bond donors (Lipinski definition) is 1. The van der Waals surface area contributed by atoms with Gasteiger partial charge in [0.1, 0.15) is 0 Å². The van der Waals surface area contributed by atoms with Gasteiger partial charge in [0.05, 0.1) is 11.5 Å². The van der Waals surface area contributed by atoms with Crippen molar-refractivity contribution in [3.8, 4) is 0 Å². The molecule has 0 spiro atoms. The summed E-state index contributed by atoms with van der Waals surface area (Å²) in [6.45, 7) is 1.65. The van der Waals surface area contributed by atoms with E-state index in [0.29, 0.717) is 38.0 Å². The molecule has 0 radical (unpaired) electrons. The van der Waals surface area contributed by atoms with Crippen molar-refractivity contribution in [1.29, 1.82) is 0 Å². The Morgan fingerprint density at radius 3 is 2.73 bits per heavy atom. The minimum atomic E-state index is -4.41. The van der Waals surface area contributed by atoms with Crippen LogP contribution in [-0.4, -0.2) is 55.3 Å². The first-order chi connectivity index (χ1) is 12.2. The molecule has 1 aliphatic heterocycles. The van der Waals surface area contributed by atoms with E-state index in [-0.39, 0.29) is 24.3 Å². The third-order valence-corrected chi connectivity index (χ3v) is 4.41. The number of amides is 2. The Morgan fingerprint density at radius 2 is 2.08 bits per heavy atom. The van der Waals surface area contributed by atoms with Gasteiger partial charge >= 0.3 is 6.18 Å². The van der Waals surface area contributed by atoms with Crippen LogP contribution in [0.2, 0.25) is 0 Å². The minimum absolute atomic E-state index is 0.0326. The van der Waals surface area contributed by atoms with Gasteiger partial charge in [-0.05, 0) is 38.2 Å². The van der Waals surface area contributed by atoms with Crippen LogP contribution < -0.4 is 5.32 Å². The number of likely N-dealkylation sites (tertiary alicyclic amines) is 1. The highest BCUT2D eigenvalue weighted by Crippen LogP contribution is 2.29. The predicted molar refractivity (Wildman–Crippen MR) is 91.1 cm³/mol. The van der Waals surface area contributed by atoms with Gasteiger partial charge in [0.2, 0.25) is 11.8 Å². The maximum Gasteiger partial charge on any atom is 0.416 e. The second-order valence-corrected chi connectivity index (χ2v) is 6.79. The van der Waals surface area contributed by atoms with Crippen LogP contribution in [0, 0.1) is 5.92 Å². The number of carbonyl (C=O) groups is 2. The lowest BCUT2D eigenvalue weighted by atomic mass is 9.96. The van der Waals surface area contributed by atoms with Gasteiger partial charge in [-0.15, -0.1) is 0 Å². The molecule has 0 aliphatic carbocycles. The van der Waals surface area contributed by atoms with Gasteiger partial charge < -0.3 is 15.1 Å². The zero-order valence-electron chi connectivity index (χ0n) is 15.0. The van der Waals surface area contributed by atoms with E-state index < -0.39 is 11.7 Å². The van der Waals surface area contributed by atoms with Crippen molar-refractivity contribution < 1.29 is 22.8 Å². The Morgan fingerprint density at radius 1 is 1.35 bits per heavy atom. The van der Waals surface area contributed by atoms with E-state index in [9.17, 15) is 22.8 Å². The maximum atomic E-state index is 12.7. The summed E-state index contributed by atoms with van der Waals surface area (Å²) >= 11 is 0. The summed E-state index contributed by atoms with van der Waals surface area (Å²) in [6, 6.07) is 4.91. The molecule has 1 atom stereocenters. The van der Waals surface area contributed by atoms with Crippen LogP contribution in [0.5, 0.6) is 0 Å². The van der Waals surface area contributed by atoms with Crippen molar-refractivity contribution >= 4 is 11.8 Å². The fourth-order valence-electron chi connectivity index (χ4n) is 2.86. The molecule has 0 aromatic heterocycles. The van der Waals surface area contributed by atoms with Crippen molar-refractivity contribution in [3.63, 3.8) is 0 Å². The number of nitrogens with one attached hydrogen (secondary N) is 1. The topological polar surface area (TPSA) is 52.6 Å². The lowest BCUT2D eigenvalue weighted by Gasteiger charge is -2.32. The van der Waals surface area contributed by atoms with Gasteiger partial charge in [0.25, 0.3) is 0 Å². The van der Waals surface area contributed by atoms with Crippen molar-refractivity contribution in [2.75, 3.05) is 33.7 Å². The average molecular weight is 371 g/mol. The number of piperidine rings is 1. The summed E-state index contributed by atoms with van der Waals surface area (Å²) in [7, 11) is 3.82. The number of nitrogens with zero attached hydrogens (tertiary/aromatic N) is 2. The number of hydrogen-bond acceptors (Lipinski definition) is 3. The van der Waals surface area contributed by atoms with E-state index in [1.807, 2.05) is 19.0 Å². The molecule has 1 aromatic rings. The third-order valence-electron chi connectivity index (χ3n) is 4.41. The van der Waals surface area contributed by atoms with Crippen LogP contribution in [0.15, 0.2) is 24.3 Å². The largest absolute Gasteiger partial charge is 0.416 e. The molecular formula is C18H24F3N3O2. The molecule has 2 rings (SSSR count). The second kappa shape index (κ2) is 8.53. The molecule has 8 heteroatoms. The summed E-state index contributed by atoms with van der Waals surface area (Å²) in [4.78, 5) is 28.0. The predicted octanol–water partition coefficient (Wildman–Crippen LogP) is 2.12. The quantitative estimate of drug-likeness (QED) is 0.834. The number of halogens is 3. The van der Waals surface area contributed by atoms with Crippen LogP contribution in [-0.2, 0) is 22.3 Å². The monoisotopic (exact) mass is 371 g/mol. The number of benzene rings is 1. The molecule has 1 aliphatic rings. The molecule has 1 fully saturated rings. The Hall–Kier alpha value is -2.09. The highest BCUT2D eigenvalue weighted by atomic mass is 19.4. The van der Waals surface area contributed by atoms with Gasteiger partial charge in [0.15, 0.2) is 0 Å². The molecule has 1 N–H and O–H groups in total. The molecular weight excluding hydrogens is 347 g/mol. The van der Waals surface area contributed by atoms with E-state index in [4.69, 9.17) is 0 Å². The van der Waals surface area contributed by atoms with Gasteiger partial charge in [-0.2, -0.15) is 13.2 Å². The Balaban J connectivity index is 1.90. The lowest BCUT2D eigenvalue weighted by molar-refractivity contribution is -0.139. The normalized spacial score (nSPS) is 18.3. The van der Waals surface area contributed by atoms with Crippen molar-refractivity contribution in [1.82, 2.24) is 15.1 Å². The number of rotatable bonds is 6. The van der Waals surface area contributed by atoms with Crippen molar-refractivity contribution in [3.05, 3.63) is 35.4 Å². The SMILES string of the molecule is CN(C)CCN1CC(C(=O)NCc2cccc(C(F)(F)F)c2)CCC1=O. The molecule has 5 nitrogen and oxygen atoms in total. The third kappa shape index (κ3) is 5.72. The number of carbonyl (C=O) groups excluding carboxylic acids is 2. The van der Waals surface area contributed by atoms with E-state index in [2.05, 4.69) is 5.32 Å². The molecule has 144 valence electrons. The summed E-state index contributed by atoms with van der Waals surface area (Å²) in [5.74, 6) is -0.529. The maximum absolute atomic E-state index is 12.7. The van der Waals surface area contributed by atoms with Gasteiger partial charge in [0, 0.05) is 32.6 Å². The zero-order chi connectivity index (χ0) is 19.3. The molecule has 26 heavy (non-hydrogen) atoms. The van der Waals surface area contributed by atoms with Gasteiger partial charge in [-0.3, -0.25) is 9.59 Å². The first-order valence-electron chi connectivity index (χ1n) is 8.53. The molecule has 0 saturated carbocycles. The highest BCUT2D eigenvalue weighted by molar-refractivity contribution is 5.83. The Kier molecular flexibility index (Phi) is 6.63. The Bertz CT molecular complexity index is 647. The Labute approximate surface area is 151 Å². The molecule has 1 unspecified atom stereocenters. The summed E-state index contributed by atoms with van der Waals surface area (Å²) < 4.78 is 38.2. The summed E-state index contributed by atoms with van der Waals surface area (Å²) in [6.07, 6.45) is -3.63. The van der Waals surface area contributed by atoms with E-state index in [1.165, 1.54) is 6.07 Å². The number of likely N-dealkylation sites (N-methyl/N-ethyl adjacent to an activating group) is 1. The first kappa shape index (κ1) is 20.2. The number of alkyl halides is 3. The fourth-order valence-corrected chi connectivity index (χ4v) is 2.86. The molecule has 1 heterocycles. The van der Waals surface area contributed by atoms with E-state index >= 15 is 0 Å². The van der Waals surface area contributed by atoms with Crippen LogP contribution in [0.1, 0.15) is 24.0 Å². The fraction of sp³-hybridized carbons (Fsp3) is 0.556. The summed E-state index contributed by atoms with van der Waals surface area (Å²) in [5, 5.41) is 2.69. The van der Waals surface area contributed by atoms with Gasteiger partial charge in [-0.25, -0.2) is 0 Å². The van der Waals surface area contributed by atoms with Crippen molar-refractivity contribution in [2.24, 2.45) is 5.92 Å².